The fourth-order valence-corrected chi connectivity index (χ4v) is 3.51. The van der Waals surface area contributed by atoms with Crippen molar-refractivity contribution < 1.29 is 9.18 Å². The summed E-state index contributed by atoms with van der Waals surface area (Å²) in [6.07, 6.45) is 5.37. The molecule has 0 bridgehead atoms. The highest BCUT2D eigenvalue weighted by molar-refractivity contribution is 5.91. The van der Waals surface area contributed by atoms with E-state index < -0.39 is 5.41 Å². The minimum absolute atomic E-state index is 0.0783. The molecule has 2 fully saturated rings. The monoisotopic (exact) mass is 304 g/mol. The molecular weight excluding hydrogens is 279 g/mol. The van der Waals surface area contributed by atoms with Crippen molar-refractivity contribution in [3.8, 4) is 0 Å². The topological polar surface area (TPSA) is 23.6 Å². The Morgan fingerprint density at radius 1 is 1.23 bits per heavy atom. The van der Waals surface area contributed by atoms with Crippen LogP contribution in [0, 0.1) is 5.82 Å². The predicted octanol–water partition coefficient (Wildman–Crippen LogP) is 2.80. The fourth-order valence-electron chi connectivity index (χ4n) is 3.51. The van der Waals surface area contributed by atoms with Crippen LogP contribution >= 0.6 is 0 Å². The van der Waals surface area contributed by atoms with Gasteiger partial charge in [-0.25, -0.2) is 4.39 Å². The Bertz CT molecular complexity index is 536. The van der Waals surface area contributed by atoms with Crippen molar-refractivity contribution in [3.63, 3.8) is 0 Å². The van der Waals surface area contributed by atoms with E-state index in [2.05, 4.69) is 4.90 Å². The first-order chi connectivity index (χ1) is 10.6. The number of piperidine rings is 1. The smallest absolute Gasteiger partial charge is 0.233 e. The number of likely N-dealkylation sites (tertiary alicyclic amines) is 1. The number of rotatable bonds is 5. The molecule has 1 saturated carbocycles. The molecule has 0 unspecified atom stereocenters. The van der Waals surface area contributed by atoms with E-state index in [1.54, 1.807) is 17.0 Å². The molecule has 1 aromatic carbocycles. The highest BCUT2D eigenvalue weighted by atomic mass is 19.1. The van der Waals surface area contributed by atoms with Gasteiger partial charge in [0.2, 0.25) is 5.91 Å². The van der Waals surface area contributed by atoms with Gasteiger partial charge >= 0.3 is 0 Å². The Kier molecular flexibility index (Phi) is 4.48. The van der Waals surface area contributed by atoms with Crippen molar-refractivity contribution in [1.82, 2.24) is 9.80 Å². The van der Waals surface area contributed by atoms with Gasteiger partial charge in [0.25, 0.3) is 0 Å². The number of nitrogens with zero attached hydrogens (tertiary/aromatic N) is 2. The predicted molar refractivity (Wildman–Crippen MR) is 85.2 cm³/mol. The molecular formula is C18H25FN2O. The summed E-state index contributed by atoms with van der Waals surface area (Å²) in [5.41, 5.74) is -0.0213. The molecule has 120 valence electrons. The molecule has 1 aliphatic carbocycles. The van der Waals surface area contributed by atoms with Crippen LogP contribution in [-0.4, -0.2) is 48.9 Å². The second-order valence-corrected chi connectivity index (χ2v) is 6.69. The van der Waals surface area contributed by atoms with Crippen LogP contribution < -0.4 is 0 Å². The van der Waals surface area contributed by atoms with Crippen molar-refractivity contribution in [2.75, 3.05) is 33.2 Å². The minimum Gasteiger partial charge on any atom is -0.344 e. The average Bonchev–Trinajstić information content (AvgIpc) is 3.35. The lowest BCUT2D eigenvalue weighted by atomic mass is 9.94. The Balaban J connectivity index is 1.62. The van der Waals surface area contributed by atoms with Gasteiger partial charge in [-0.3, -0.25) is 4.79 Å². The van der Waals surface area contributed by atoms with Crippen LogP contribution in [0.4, 0.5) is 4.39 Å². The van der Waals surface area contributed by atoms with E-state index in [0.717, 1.165) is 39.0 Å². The Morgan fingerprint density at radius 3 is 2.55 bits per heavy atom. The van der Waals surface area contributed by atoms with Gasteiger partial charge in [-0.2, -0.15) is 0 Å². The van der Waals surface area contributed by atoms with E-state index in [1.807, 2.05) is 13.1 Å². The first-order valence-electron chi connectivity index (χ1n) is 8.36. The zero-order valence-electron chi connectivity index (χ0n) is 13.4. The quantitative estimate of drug-likeness (QED) is 0.835. The second-order valence-electron chi connectivity index (χ2n) is 6.69. The highest BCUT2D eigenvalue weighted by Gasteiger charge is 2.53. The number of hydrogen-bond acceptors (Lipinski definition) is 2. The van der Waals surface area contributed by atoms with Gasteiger partial charge in [0.1, 0.15) is 5.82 Å². The fraction of sp³-hybridized carbons (Fsp3) is 0.611. The maximum Gasteiger partial charge on any atom is 0.233 e. The maximum atomic E-state index is 14.0. The molecule has 0 N–H and O–H groups in total. The van der Waals surface area contributed by atoms with Gasteiger partial charge in [-0.05, 0) is 44.8 Å². The van der Waals surface area contributed by atoms with Gasteiger partial charge in [-0.1, -0.05) is 24.6 Å². The Hall–Kier alpha value is -1.42. The molecule has 1 amide bonds. The summed E-state index contributed by atoms with van der Waals surface area (Å²) in [5.74, 6) is -0.174. The lowest BCUT2D eigenvalue weighted by Crippen LogP contribution is -2.42. The van der Waals surface area contributed by atoms with E-state index in [0.29, 0.717) is 5.56 Å². The molecule has 0 radical (unpaired) electrons. The molecule has 1 saturated heterocycles. The van der Waals surface area contributed by atoms with Crippen LogP contribution in [-0.2, 0) is 10.2 Å². The molecule has 1 aromatic rings. The SMILES string of the molecule is CN(CCN1CCCCC1)C(=O)C1(c2ccccc2F)CC1. The highest BCUT2D eigenvalue weighted by Crippen LogP contribution is 2.50. The maximum absolute atomic E-state index is 14.0. The summed E-state index contributed by atoms with van der Waals surface area (Å²) in [7, 11) is 1.85. The minimum atomic E-state index is -0.595. The number of carbonyl (C=O) groups excluding carboxylic acids is 1. The number of halogens is 1. The molecule has 3 nitrogen and oxygen atoms in total. The van der Waals surface area contributed by atoms with Gasteiger partial charge in [0.05, 0.1) is 5.41 Å². The van der Waals surface area contributed by atoms with Crippen LogP contribution in [0.1, 0.15) is 37.7 Å². The van der Waals surface area contributed by atoms with Gasteiger partial charge in [0.15, 0.2) is 0 Å². The van der Waals surface area contributed by atoms with Crippen LogP contribution in [0.15, 0.2) is 24.3 Å². The zero-order valence-corrected chi connectivity index (χ0v) is 13.4. The number of carbonyl (C=O) groups is 1. The van der Waals surface area contributed by atoms with E-state index in [-0.39, 0.29) is 11.7 Å². The third-order valence-corrected chi connectivity index (χ3v) is 5.10. The number of hydrogen-bond donors (Lipinski definition) is 0. The molecule has 0 spiro atoms. The number of amides is 1. The van der Waals surface area contributed by atoms with E-state index in [4.69, 9.17) is 0 Å². The third-order valence-electron chi connectivity index (χ3n) is 5.10. The summed E-state index contributed by atoms with van der Waals surface area (Å²) in [4.78, 5) is 17.0. The molecule has 2 aliphatic rings. The molecule has 3 rings (SSSR count). The largest absolute Gasteiger partial charge is 0.344 e. The van der Waals surface area contributed by atoms with Crippen LogP contribution in [0.2, 0.25) is 0 Å². The van der Waals surface area contributed by atoms with E-state index in [1.165, 1.54) is 25.3 Å². The third kappa shape index (κ3) is 3.02. The lowest BCUT2D eigenvalue weighted by Gasteiger charge is -2.30. The van der Waals surface area contributed by atoms with Crippen LogP contribution in [0.25, 0.3) is 0 Å². The van der Waals surface area contributed by atoms with Crippen molar-refractivity contribution in [2.45, 2.75) is 37.5 Å². The summed E-state index contributed by atoms with van der Waals surface area (Å²) in [6, 6.07) is 6.72. The normalized spacial score (nSPS) is 20.6. The lowest BCUT2D eigenvalue weighted by molar-refractivity contribution is -0.132. The van der Waals surface area contributed by atoms with Crippen molar-refractivity contribution in [3.05, 3.63) is 35.6 Å². The van der Waals surface area contributed by atoms with E-state index >= 15 is 0 Å². The second kappa shape index (κ2) is 6.37. The van der Waals surface area contributed by atoms with Crippen molar-refractivity contribution in [1.29, 1.82) is 0 Å². The first kappa shape index (κ1) is 15.5. The molecule has 1 aliphatic heterocycles. The van der Waals surface area contributed by atoms with Gasteiger partial charge in [-0.15, -0.1) is 0 Å². The van der Waals surface area contributed by atoms with Crippen LogP contribution in [0.5, 0.6) is 0 Å². The molecule has 1 heterocycles. The average molecular weight is 304 g/mol. The number of likely N-dealkylation sites (N-methyl/N-ethyl adjacent to an activating group) is 1. The van der Waals surface area contributed by atoms with Crippen molar-refractivity contribution >= 4 is 5.91 Å². The first-order valence-corrected chi connectivity index (χ1v) is 8.36. The van der Waals surface area contributed by atoms with E-state index in [9.17, 15) is 9.18 Å². The van der Waals surface area contributed by atoms with Crippen molar-refractivity contribution in [2.24, 2.45) is 0 Å². The van der Waals surface area contributed by atoms with Crippen LogP contribution in [0.3, 0.4) is 0 Å². The summed E-state index contributed by atoms with van der Waals surface area (Å²) in [5, 5.41) is 0. The molecule has 0 atom stereocenters. The molecule has 0 aromatic heterocycles. The number of benzene rings is 1. The summed E-state index contributed by atoms with van der Waals surface area (Å²) < 4.78 is 14.0. The molecule has 4 heteroatoms. The standard InChI is InChI=1S/C18H25FN2O/c1-20(13-14-21-11-5-2-6-12-21)17(22)18(9-10-18)15-7-3-4-8-16(15)19/h3-4,7-8H,2,5-6,9-14H2,1H3. The van der Waals surface area contributed by atoms with Gasteiger partial charge < -0.3 is 9.80 Å². The summed E-state index contributed by atoms with van der Waals surface area (Å²) in [6.45, 7) is 3.94. The molecule has 22 heavy (non-hydrogen) atoms. The zero-order chi connectivity index (χ0) is 15.6. The van der Waals surface area contributed by atoms with Gasteiger partial charge in [0, 0.05) is 25.7 Å². The summed E-state index contributed by atoms with van der Waals surface area (Å²) >= 11 is 0. The Morgan fingerprint density at radius 2 is 1.91 bits per heavy atom. The Labute approximate surface area is 132 Å².